The lowest BCUT2D eigenvalue weighted by Gasteiger charge is -2.43. The Labute approximate surface area is 224 Å². The van der Waals surface area contributed by atoms with Gasteiger partial charge in [0.1, 0.15) is 5.41 Å². The predicted molar refractivity (Wildman–Crippen MR) is 147 cm³/mol. The fourth-order valence-corrected chi connectivity index (χ4v) is 7.60. The van der Waals surface area contributed by atoms with Gasteiger partial charge in [-0.3, -0.25) is 9.59 Å². The summed E-state index contributed by atoms with van der Waals surface area (Å²) in [5.74, 6) is 0.125. The standard InChI is InChI=1S/C30H36Cl2N2O2/c1-28(2,3)16-24-30(21-10-9-20(32)13-22(21)33-27(30)36)25(18-7-6-8-19(31)12-18)26(34-24)23(35)11-17-14-29(4,5)15-17/h6-10,12-13,17,24-26,34H,11,14-16H2,1-5H3,(H,33,36)/t24-,25-,26-,30+/m0/s1. The molecule has 4 atom stereocenters. The van der Waals surface area contributed by atoms with Gasteiger partial charge in [-0.2, -0.15) is 0 Å². The average molecular weight is 528 g/mol. The van der Waals surface area contributed by atoms with Gasteiger partial charge >= 0.3 is 0 Å². The first-order valence-electron chi connectivity index (χ1n) is 13.0. The van der Waals surface area contributed by atoms with Crippen molar-refractivity contribution in [3.05, 3.63) is 63.6 Å². The zero-order valence-corrected chi connectivity index (χ0v) is 23.3. The molecule has 2 heterocycles. The molecule has 1 amide bonds. The van der Waals surface area contributed by atoms with Crippen molar-refractivity contribution in [3.8, 4) is 0 Å². The highest BCUT2D eigenvalue weighted by atomic mass is 35.5. The normalized spacial score (nSPS) is 29.2. The molecule has 192 valence electrons. The first-order chi connectivity index (χ1) is 16.8. The molecule has 0 bridgehead atoms. The van der Waals surface area contributed by atoms with Crippen molar-refractivity contribution >= 4 is 40.6 Å². The summed E-state index contributed by atoms with van der Waals surface area (Å²) in [4.78, 5) is 28.1. The van der Waals surface area contributed by atoms with Gasteiger partial charge in [0.05, 0.1) is 6.04 Å². The van der Waals surface area contributed by atoms with Crippen LogP contribution in [0.2, 0.25) is 10.0 Å². The first-order valence-corrected chi connectivity index (χ1v) is 13.7. The summed E-state index contributed by atoms with van der Waals surface area (Å²) in [6.07, 6.45) is 3.39. The molecule has 3 aliphatic rings. The van der Waals surface area contributed by atoms with Crippen molar-refractivity contribution < 1.29 is 9.59 Å². The molecule has 2 aromatic rings. The number of benzene rings is 2. The Morgan fingerprint density at radius 3 is 2.39 bits per heavy atom. The minimum Gasteiger partial charge on any atom is -0.325 e. The number of rotatable bonds is 5. The minimum absolute atomic E-state index is 0.0606. The second-order valence-electron chi connectivity index (χ2n) is 13.1. The molecule has 36 heavy (non-hydrogen) atoms. The monoisotopic (exact) mass is 526 g/mol. The SMILES string of the molecule is CC(C)(C)C[C@@H]1N[C@@H](C(=O)CC2CC(C)(C)C2)[C@H](c2cccc(Cl)c2)[C@]12C(=O)Nc1cc(Cl)ccc12. The fourth-order valence-electron chi connectivity index (χ4n) is 7.23. The zero-order valence-electron chi connectivity index (χ0n) is 21.8. The number of Topliss-reactive ketones (excluding diaryl/α,β-unsaturated/α-hetero) is 1. The lowest BCUT2D eigenvalue weighted by Crippen LogP contribution is -2.49. The number of hydrogen-bond donors (Lipinski definition) is 2. The first kappa shape index (κ1) is 25.8. The molecule has 4 nitrogen and oxygen atoms in total. The number of carbonyl (C=O) groups excluding carboxylic acids is 2. The van der Waals surface area contributed by atoms with E-state index in [1.54, 1.807) is 0 Å². The number of fused-ring (bicyclic) bond motifs is 2. The Hall–Kier alpha value is -1.88. The van der Waals surface area contributed by atoms with Gasteiger partial charge in [0, 0.05) is 34.1 Å². The second kappa shape index (κ2) is 8.85. The fraction of sp³-hybridized carbons (Fsp3) is 0.533. The van der Waals surface area contributed by atoms with E-state index in [9.17, 15) is 9.59 Å². The van der Waals surface area contributed by atoms with Crippen LogP contribution >= 0.6 is 23.2 Å². The molecule has 1 saturated carbocycles. The summed E-state index contributed by atoms with van der Waals surface area (Å²) < 4.78 is 0. The van der Waals surface area contributed by atoms with Gasteiger partial charge in [-0.05, 0) is 71.4 Å². The number of ketones is 1. The number of carbonyl (C=O) groups is 2. The van der Waals surface area contributed by atoms with Crippen LogP contribution in [0.25, 0.3) is 0 Å². The van der Waals surface area contributed by atoms with E-state index in [2.05, 4.69) is 45.3 Å². The highest BCUT2D eigenvalue weighted by molar-refractivity contribution is 6.31. The maximum atomic E-state index is 14.1. The van der Waals surface area contributed by atoms with E-state index < -0.39 is 11.5 Å². The number of nitrogens with one attached hydrogen (secondary N) is 2. The van der Waals surface area contributed by atoms with Gasteiger partial charge in [0.2, 0.25) is 5.91 Å². The molecule has 5 rings (SSSR count). The molecule has 2 fully saturated rings. The van der Waals surface area contributed by atoms with Gasteiger partial charge in [0.25, 0.3) is 0 Å². The Bertz CT molecular complexity index is 1210. The molecule has 1 saturated heterocycles. The maximum absolute atomic E-state index is 14.1. The number of halogens is 2. The summed E-state index contributed by atoms with van der Waals surface area (Å²) in [5, 5.41) is 8.02. The van der Waals surface area contributed by atoms with E-state index in [1.165, 1.54) is 0 Å². The van der Waals surface area contributed by atoms with E-state index in [-0.39, 0.29) is 29.1 Å². The molecule has 2 aliphatic heterocycles. The van der Waals surface area contributed by atoms with E-state index >= 15 is 0 Å². The topological polar surface area (TPSA) is 58.2 Å². The molecular formula is C30H36Cl2N2O2. The van der Waals surface area contributed by atoms with E-state index in [1.807, 2.05) is 42.5 Å². The van der Waals surface area contributed by atoms with Gasteiger partial charge < -0.3 is 10.6 Å². The highest BCUT2D eigenvalue weighted by Gasteiger charge is 2.65. The van der Waals surface area contributed by atoms with E-state index in [4.69, 9.17) is 23.2 Å². The lowest BCUT2D eigenvalue weighted by molar-refractivity contribution is -0.124. The molecule has 0 unspecified atom stereocenters. The third-order valence-electron chi connectivity index (χ3n) is 8.35. The van der Waals surface area contributed by atoms with Crippen LogP contribution in [0.3, 0.4) is 0 Å². The molecule has 1 aliphatic carbocycles. The summed E-state index contributed by atoms with van der Waals surface area (Å²) in [7, 11) is 0. The quantitative estimate of drug-likeness (QED) is 0.435. The Kier molecular flexibility index (Phi) is 6.34. The Balaban J connectivity index is 1.66. The van der Waals surface area contributed by atoms with Crippen molar-refractivity contribution in [1.82, 2.24) is 5.32 Å². The molecule has 1 spiro atoms. The van der Waals surface area contributed by atoms with Gasteiger partial charge in [-0.15, -0.1) is 0 Å². The van der Waals surface area contributed by atoms with Crippen LogP contribution in [0.4, 0.5) is 5.69 Å². The van der Waals surface area contributed by atoms with Gasteiger partial charge in [-0.25, -0.2) is 0 Å². The minimum atomic E-state index is -0.947. The number of amides is 1. The lowest BCUT2D eigenvalue weighted by atomic mass is 9.60. The molecular weight excluding hydrogens is 491 g/mol. The van der Waals surface area contributed by atoms with Crippen LogP contribution in [0.1, 0.15) is 77.3 Å². The predicted octanol–water partition coefficient (Wildman–Crippen LogP) is 7.14. The van der Waals surface area contributed by atoms with Crippen LogP contribution in [-0.2, 0) is 15.0 Å². The highest BCUT2D eigenvalue weighted by Crippen LogP contribution is 2.57. The molecule has 2 aromatic carbocycles. The van der Waals surface area contributed by atoms with Crippen molar-refractivity contribution in [2.45, 2.75) is 83.7 Å². The molecule has 0 aromatic heterocycles. The van der Waals surface area contributed by atoms with Crippen molar-refractivity contribution in [2.24, 2.45) is 16.7 Å². The number of hydrogen-bond acceptors (Lipinski definition) is 3. The summed E-state index contributed by atoms with van der Waals surface area (Å²) in [6, 6.07) is 12.6. The largest absolute Gasteiger partial charge is 0.325 e. The summed E-state index contributed by atoms with van der Waals surface area (Å²) in [5.41, 5.74) is 1.85. The van der Waals surface area contributed by atoms with Crippen molar-refractivity contribution in [3.63, 3.8) is 0 Å². The molecule has 0 radical (unpaired) electrons. The van der Waals surface area contributed by atoms with Crippen LogP contribution in [0.15, 0.2) is 42.5 Å². The van der Waals surface area contributed by atoms with Gasteiger partial charge in [0.15, 0.2) is 5.78 Å². The van der Waals surface area contributed by atoms with Crippen LogP contribution < -0.4 is 10.6 Å². The van der Waals surface area contributed by atoms with Crippen LogP contribution in [0.5, 0.6) is 0 Å². The second-order valence-corrected chi connectivity index (χ2v) is 14.0. The smallest absolute Gasteiger partial charge is 0.237 e. The third-order valence-corrected chi connectivity index (χ3v) is 8.82. The summed E-state index contributed by atoms with van der Waals surface area (Å²) in [6.45, 7) is 11.1. The van der Waals surface area contributed by atoms with E-state index in [0.717, 1.165) is 36.1 Å². The zero-order chi connectivity index (χ0) is 26.0. The van der Waals surface area contributed by atoms with Crippen LogP contribution in [0, 0.1) is 16.7 Å². The summed E-state index contributed by atoms with van der Waals surface area (Å²) >= 11 is 12.8. The molecule has 6 heteroatoms. The van der Waals surface area contributed by atoms with Crippen LogP contribution in [-0.4, -0.2) is 23.8 Å². The number of anilines is 1. The Morgan fingerprint density at radius 2 is 1.75 bits per heavy atom. The third kappa shape index (κ3) is 4.40. The average Bonchev–Trinajstić information content (AvgIpc) is 3.21. The van der Waals surface area contributed by atoms with E-state index in [0.29, 0.717) is 27.8 Å². The maximum Gasteiger partial charge on any atom is 0.237 e. The van der Waals surface area contributed by atoms with Crippen molar-refractivity contribution in [2.75, 3.05) is 5.32 Å². The van der Waals surface area contributed by atoms with Crippen molar-refractivity contribution in [1.29, 1.82) is 0 Å². The van der Waals surface area contributed by atoms with Gasteiger partial charge in [-0.1, -0.05) is 76.0 Å². The molecule has 2 N–H and O–H groups in total. The Morgan fingerprint density at radius 1 is 1.06 bits per heavy atom.